The highest BCUT2D eigenvalue weighted by molar-refractivity contribution is 7.12. The molecule has 0 radical (unpaired) electrons. The molecule has 4 rings (SSSR count). The van der Waals surface area contributed by atoms with Gasteiger partial charge in [0.25, 0.3) is 0 Å². The SMILES string of the molecule is CCn1cc(-c2c(F)cccc2[C@@H]2CN(C(=O)/C=C/[C@@H](C)N(C)C(=O)OC(C)(C)C)Cc3sc(C#N)cc32)c(C(F)(F)F)n1. The van der Waals surface area contributed by atoms with Crippen molar-refractivity contribution in [2.75, 3.05) is 13.6 Å². The number of nitriles is 1. The van der Waals surface area contributed by atoms with Gasteiger partial charge in [-0.25, -0.2) is 9.18 Å². The fourth-order valence-electron chi connectivity index (χ4n) is 4.95. The summed E-state index contributed by atoms with van der Waals surface area (Å²) in [7, 11) is 1.55. The largest absolute Gasteiger partial charge is 0.444 e. The second-order valence-corrected chi connectivity index (χ2v) is 12.6. The van der Waals surface area contributed by atoms with E-state index in [4.69, 9.17) is 4.74 Å². The number of hydrogen-bond acceptors (Lipinski definition) is 6. The molecule has 2 atom stereocenters. The summed E-state index contributed by atoms with van der Waals surface area (Å²) in [4.78, 5) is 29.8. The molecule has 44 heavy (non-hydrogen) atoms. The number of thiophene rings is 1. The number of ether oxygens (including phenoxy) is 1. The zero-order valence-electron chi connectivity index (χ0n) is 25.2. The molecule has 0 saturated carbocycles. The van der Waals surface area contributed by atoms with Gasteiger partial charge in [0.05, 0.1) is 12.6 Å². The van der Waals surface area contributed by atoms with E-state index in [1.807, 2.05) is 0 Å². The third-order valence-corrected chi connectivity index (χ3v) is 8.27. The van der Waals surface area contributed by atoms with Crippen LogP contribution < -0.4 is 0 Å². The summed E-state index contributed by atoms with van der Waals surface area (Å²) in [6.45, 7) is 8.91. The number of aromatic nitrogens is 2. The molecular formula is C31H33F4N5O3S. The molecule has 1 aliphatic heterocycles. The van der Waals surface area contributed by atoms with E-state index in [9.17, 15) is 28.0 Å². The van der Waals surface area contributed by atoms with Crippen LogP contribution in [-0.2, 0) is 28.8 Å². The molecule has 1 aromatic carbocycles. The summed E-state index contributed by atoms with van der Waals surface area (Å²) in [5.74, 6) is -2.00. The number of hydrogen-bond donors (Lipinski definition) is 0. The van der Waals surface area contributed by atoms with Crippen molar-refractivity contribution >= 4 is 23.3 Å². The fourth-order valence-corrected chi connectivity index (χ4v) is 5.99. The summed E-state index contributed by atoms with van der Waals surface area (Å²) in [5, 5.41) is 13.3. The van der Waals surface area contributed by atoms with Crippen molar-refractivity contribution in [1.82, 2.24) is 19.6 Å². The average Bonchev–Trinajstić information content (AvgIpc) is 3.58. The van der Waals surface area contributed by atoms with E-state index in [-0.39, 0.29) is 30.8 Å². The summed E-state index contributed by atoms with van der Waals surface area (Å²) < 4.78 is 64.2. The zero-order chi connectivity index (χ0) is 32.6. The van der Waals surface area contributed by atoms with Crippen molar-refractivity contribution in [1.29, 1.82) is 5.26 Å². The minimum Gasteiger partial charge on any atom is -0.444 e. The molecule has 0 aliphatic carbocycles. The Morgan fingerprint density at radius 1 is 1.27 bits per heavy atom. The van der Waals surface area contributed by atoms with Gasteiger partial charge in [-0.3, -0.25) is 9.48 Å². The normalized spacial score (nSPS) is 16.0. The lowest BCUT2D eigenvalue weighted by molar-refractivity contribution is -0.141. The van der Waals surface area contributed by atoms with E-state index < -0.39 is 52.8 Å². The Labute approximate surface area is 257 Å². The Morgan fingerprint density at radius 2 is 1.98 bits per heavy atom. The van der Waals surface area contributed by atoms with Crippen LogP contribution in [0.3, 0.4) is 0 Å². The summed E-state index contributed by atoms with van der Waals surface area (Å²) in [6, 6.07) is 7.29. The zero-order valence-corrected chi connectivity index (χ0v) is 26.0. The monoisotopic (exact) mass is 631 g/mol. The number of amides is 2. The van der Waals surface area contributed by atoms with E-state index in [1.165, 1.54) is 39.5 Å². The van der Waals surface area contributed by atoms with Gasteiger partial charge in [-0.2, -0.15) is 23.5 Å². The standard InChI is InChI=1S/C31H33F4N5O3S/c1-7-40-16-23(28(37-40)31(33,34)35)27-20(9-8-10-24(27)32)22-15-39(17-25-21(22)13-19(14-36)44-25)26(41)12-11-18(2)38(6)29(42)43-30(3,4)5/h8-13,16,18,22H,7,15,17H2,1-6H3/b12-11+/t18-,22+/m1/s1. The number of halogens is 4. The fraction of sp³-hybridized carbons (Fsp3) is 0.419. The van der Waals surface area contributed by atoms with Crippen molar-refractivity contribution in [2.45, 2.75) is 71.4 Å². The van der Waals surface area contributed by atoms with E-state index in [0.717, 1.165) is 10.7 Å². The Hall–Kier alpha value is -4.18. The van der Waals surface area contributed by atoms with E-state index >= 15 is 4.39 Å². The molecular weight excluding hydrogens is 598 g/mol. The molecule has 0 N–H and O–H groups in total. The molecule has 2 aromatic heterocycles. The lowest BCUT2D eigenvalue weighted by atomic mass is 9.83. The van der Waals surface area contributed by atoms with Crippen LogP contribution in [0.5, 0.6) is 0 Å². The molecule has 1 aliphatic rings. The van der Waals surface area contributed by atoms with Gasteiger partial charge in [0.1, 0.15) is 22.4 Å². The van der Waals surface area contributed by atoms with Crippen LogP contribution >= 0.6 is 11.3 Å². The first-order valence-electron chi connectivity index (χ1n) is 13.9. The molecule has 0 unspecified atom stereocenters. The van der Waals surface area contributed by atoms with E-state index in [1.54, 1.807) is 59.9 Å². The molecule has 0 fully saturated rings. The highest BCUT2D eigenvalue weighted by Gasteiger charge is 2.40. The maximum Gasteiger partial charge on any atom is 0.435 e. The summed E-state index contributed by atoms with van der Waals surface area (Å²) in [6.07, 6.45) is -1.34. The van der Waals surface area contributed by atoms with Crippen molar-refractivity contribution < 1.29 is 31.9 Å². The summed E-state index contributed by atoms with van der Waals surface area (Å²) in [5.41, 5.74) is -1.65. The van der Waals surface area contributed by atoms with Crippen LogP contribution in [-0.4, -0.2) is 56.8 Å². The average molecular weight is 632 g/mol. The lowest BCUT2D eigenvalue weighted by Crippen LogP contribution is -2.39. The highest BCUT2D eigenvalue weighted by Crippen LogP contribution is 2.45. The number of carbonyl (C=O) groups excluding carboxylic acids is 2. The van der Waals surface area contributed by atoms with Gasteiger partial charge in [0.15, 0.2) is 5.69 Å². The number of alkyl halides is 3. The molecule has 0 bridgehead atoms. The second-order valence-electron chi connectivity index (χ2n) is 11.5. The minimum atomic E-state index is -4.83. The number of likely N-dealkylation sites (N-methyl/N-ethyl adjacent to an activating group) is 1. The number of nitrogens with zero attached hydrogens (tertiary/aromatic N) is 5. The number of fused-ring (bicyclic) bond motifs is 1. The Kier molecular flexibility index (Phi) is 9.25. The topological polar surface area (TPSA) is 91.5 Å². The molecule has 0 spiro atoms. The van der Waals surface area contributed by atoms with Crippen molar-refractivity contribution in [3.05, 3.63) is 75.0 Å². The van der Waals surface area contributed by atoms with Crippen LogP contribution in [0, 0.1) is 17.1 Å². The van der Waals surface area contributed by atoms with Gasteiger partial charge >= 0.3 is 12.3 Å². The molecule has 2 amide bonds. The van der Waals surface area contributed by atoms with Gasteiger partial charge in [-0.1, -0.05) is 18.2 Å². The van der Waals surface area contributed by atoms with Gasteiger partial charge < -0.3 is 14.5 Å². The van der Waals surface area contributed by atoms with Gasteiger partial charge in [-0.05, 0) is 57.9 Å². The smallest absolute Gasteiger partial charge is 0.435 e. The quantitative estimate of drug-likeness (QED) is 0.217. The number of benzene rings is 1. The second kappa shape index (κ2) is 12.4. The number of aryl methyl sites for hydroxylation is 1. The lowest BCUT2D eigenvalue weighted by Gasteiger charge is -2.34. The van der Waals surface area contributed by atoms with E-state index in [0.29, 0.717) is 15.3 Å². The number of carbonyl (C=O) groups is 2. The van der Waals surface area contributed by atoms with Gasteiger partial charge in [-0.15, -0.1) is 11.3 Å². The van der Waals surface area contributed by atoms with Gasteiger partial charge in [0.2, 0.25) is 5.91 Å². The predicted octanol–water partition coefficient (Wildman–Crippen LogP) is 6.95. The van der Waals surface area contributed by atoms with E-state index in [2.05, 4.69) is 11.2 Å². The third-order valence-electron chi connectivity index (χ3n) is 7.23. The Balaban J connectivity index is 1.72. The van der Waals surface area contributed by atoms with Gasteiger partial charge in [0, 0.05) is 54.3 Å². The molecule has 8 nitrogen and oxygen atoms in total. The first-order valence-corrected chi connectivity index (χ1v) is 14.7. The Bertz CT molecular complexity index is 1630. The predicted molar refractivity (Wildman–Crippen MR) is 157 cm³/mol. The van der Waals surface area contributed by atoms with Crippen LogP contribution in [0.15, 0.2) is 42.6 Å². The molecule has 0 saturated heterocycles. The Morgan fingerprint density at radius 3 is 2.59 bits per heavy atom. The number of rotatable bonds is 6. The van der Waals surface area contributed by atoms with Crippen molar-refractivity contribution in [2.24, 2.45) is 0 Å². The maximum absolute atomic E-state index is 15.5. The first kappa shape index (κ1) is 32.7. The maximum atomic E-state index is 15.5. The molecule has 3 aromatic rings. The van der Waals surface area contributed by atoms with Crippen molar-refractivity contribution in [3.63, 3.8) is 0 Å². The molecule has 234 valence electrons. The van der Waals surface area contributed by atoms with Crippen LogP contribution in [0.2, 0.25) is 0 Å². The molecule has 3 heterocycles. The minimum absolute atomic E-state index is 0.0216. The summed E-state index contributed by atoms with van der Waals surface area (Å²) >= 11 is 1.18. The van der Waals surface area contributed by atoms with Crippen LogP contribution in [0.4, 0.5) is 22.4 Å². The molecule has 13 heteroatoms. The van der Waals surface area contributed by atoms with Crippen LogP contribution in [0.1, 0.15) is 67.1 Å². The van der Waals surface area contributed by atoms with Crippen LogP contribution in [0.25, 0.3) is 11.1 Å². The third kappa shape index (κ3) is 6.96. The highest BCUT2D eigenvalue weighted by atomic mass is 32.1. The van der Waals surface area contributed by atoms with Crippen molar-refractivity contribution in [3.8, 4) is 17.2 Å². The first-order chi connectivity index (χ1) is 20.5.